The number of H-pyrrole nitrogens is 1. The third-order valence-corrected chi connectivity index (χ3v) is 9.99. The van der Waals surface area contributed by atoms with Gasteiger partial charge < -0.3 is 35.9 Å². The molecule has 3 aromatic carbocycles. The van der Waals surface area contributed by atoms with Gasteiger partial charge >= 0.3 is 12.1 Å². The molecule has 0 aliphatic rings. The molecule has 0 saturated carbocycles. The van der Waals surface area contributed by atoms with E-state index in [1.165, 1.54) is 43.7 Å². The zero-order valence-corrected chi connectivity index (χ0v) is 34.3. The Labute approximate surface area is 342 Å². The number of nitrogens with two attached hydrogens (primary N) is 1. The highest BCUT2D eigenvalue weighted by atomic mass is 16.6. The number of benzene rings is 3. The van der Waals surface area contributed by atoms with Crippen LogP contribution in [0.3, 0.4) is 0 Å². The number of nitro groups is 1. The fraction of sp³-hybridized carbons (Fsp3) is 0.429. The Morgan fingerprint density at radius 1 is 0.966 bits per heavy atom. The van der Waals surface area contributed by atoms with Crippen molar-refractivity contribution in [1.29, 1.82) is 0 Å². The Balaban J connectivity index is 1.85. The van der Waals surface area contributed by atoms with Crippen LogP contribution in [0.15, 0.2) is 79.3 Å². The van der Waals surface area contributed by atoms with Crippen LogP contribution in [-0.4, -0.2) is 91.6 Å². The molecule has 6 N–H and O–H groups in total. The molecule has 0 aliphatic carbocycles. The van der Waals surface area contributed by atoms with Gasteiger partial charge in [-0.2, -0.15) is 0 Å². The summed E-state index contributed by atoms with van der Waals surface area (Å²) in [7, 11) is 1.15. The maximum Gasteiger partial charge on any atom is 0.418 e. The quantitative estimate of drug-likeness (QED) is 0.0572. The van der Waals surface area contributed by atoms with Gasteiger partial charge in [-0.25, -0.2) is 19.5 Å². The number of ether oxygens (including phenoxy) is 2. The standard InChI is InChI=1S/C42H53N7O10/c1-8-25(2)42(39(54)58-7,32-15-11-13-28-12-9-10-14-31(28)32)48(40(55)59-41(4,5)6)36(51)22-35(50)33(20-27-16-18-30(19-17-27)49(56)57)46-38(53)34(47-37(52)26(3)43)21-29-23-44-24-45-29/h9-19,23-26,33-35,50H,8,20-22,43H2,1-7H3,(H,44,45)(H,46,53)(H,47,52)/t25-,26?,33-,34-,35?,42+/m0/s1. The number of non-ortho nitro benzene ring substituents is 1. The van der Waals surface area contributed by atoms with Crippen LogP contribution in [0, 0.1) is 16.0 Å². The Kier molecular flexibility index (Phi) is 15.0. The van der Waals surface area contributed by atoms with Crippen molar-refractivity contribution < 1.29 is 43.5 Å². The second-order valence-corrected chi connectivity index (χ2v) is 15.4. The molecular weight excluding hydrogens is 763 g/mol. The number of aliphatic hydroxyl groups is 1. The normalized spacial score (nSPS) is 15.1. The number of imidazole rings is 1. The largest absolute Gasteiger partial charge is 0.467 e. The van der Waals surface area contributed by atoms with E-state index in [0.717, 1.165) is 12.0 Å². The SMILES string of the molecule is CC[C@H](C)[C@](C(=O)OC)(c1cccc2ccccc12)N(C(=O)CC(O)[C@H](Cc1ccc([N+](=O)[O-])cc1)NC(=O)[C@H](Cc1c[nH]cn1)NC(=O)C(C)N)C(=O)OC(C)(C)C. The van der Waals surface area contributed by atoms with E-state index in [9.17, 15) is 39.2 Å². The van der Waals surface area contributed by atoms with Crippen LogP contribution in [0.25, 0.3) is 10.8 Å². The number of methoxy groups -OCH3 is 1. The minimum absolute atomic E-state index is 0.0823. The van der Waals surface area contributed by atoms with E-state index in [1.54, 1.807) is 58.9 Å². The van der Waals surface area contributed by atoms with Gasteiger partial charge in [-0.05, 0) is 61.9 Å². The summed E-state index contributed by atoms with van der Waals surface area (Å²) in [6.45, 7) is 9.73. The number of fused-ring (bicyclic) bond motifs is 1. The van der Waals surface area contributed by atoms with Crippen LogP contribution in [-0.2, 0) is 47.0 Å². The molecule has 59 heavy (non-hydrogen) atoms. The minimum Gasteiger partial charge on any atom is -0.467 e. The average Bonchev–Trinajstić information content (AvgIpc) is 3.71. The van der Waals surface area contributed by atoms with Gasteiger partial charge in [-0.1, -0.05) is 74.9 Å². The lowest BCUT2D eigenvalue weighted by atomic mass is 9.74. The first-order chi connectivity index (χ1) is 27.8. The lowest BCUT2D eigenvalue weighted by Gasteiger charge is -2.45. The number of nitrogens with zero attached hydrogens (tertiary/aromatic N) is 3. The summed E-state index contributed by atoms with van der Waals surface area (Å²) in [4.78, 5) is 89.2. The van der Waals surface area contributed by atoms with Crippen molar-refractivity contribution in [2.45, 2.75) is 103 Å². The van der Waals surface area contributed by atoms with Crippen molar-refractivity contribution in [2.75, 3.05) is 7.11 Å². The molecule has 4 rings (SSSR count). The minimum atomic E-state index is -2.13. The highest BCUT2D eigenvalue weighted by Gasteiger charge is 2.57. The van der Waals surface area contributed by atoms with E-state index in [2.05, 4.69) is 20.6 Å². The van der Waals surface area contributed by atoms with Gasteiger partial charge in [0.1, 0.15) is 11.6 Å². The average molecular weight is 816 g/mol. The van der Waals surface area contributed by atoms with Crippen LogP contribution < -0.4 is 16.4 Å². The smallest absolute Gasteiger partial charge is 0.418 e. The fourth-order valence-corrected chi connectivity index (χ4v) is 6.88. The summed E-state index contributed by atoms with van der Waals surface area (Å²) >= 11 is 0. The molecule has 6 atom stereocenters. The van der Waals surface area contributed by atoms with Crippen molar-refractivity contribution in [2.24, 2.45) is 11.7 Å². The Hall–Kier alpha value is -6.20. The van der Waals surface area contributed by atoms with Crippen molar-refractivity contribution >= 4 is 46.2 Å². The third kappa shape index (κ3) is 10.9. The van der Waals surface area contributed by atoms with Crippen LogP contribution in [0.5, 0.6) is 0 Å². The van der Waals surface area contributed by atoms with Gasteiger partial charge in [0.25, 0.3) is 5.69 Å². The van der Waals surface area contributed by atoms with E-state index in [-0.39, 0.29) is 30.5 Å². The second kappa shape index (κ2) is 19.5. The number of aliphatic hydroxyl groups excluding tert-OH is 1. The topological polar surface area (TPSA) is 249 Å². The molecule has 0 saturated heterocycles. The number of rotatable bonds is 17. The monoisotopic (exact) mass is 815 g/mol. The molecule has 0 aliphatic heterocycles. The van der Waals surface area contributed by atoms with Gasteiger partial charge in [0.2, 0.25) is 17.7 Å². The molecule has 17 heteroatoms. The zero-order chi connectivity index (χ0) is 43.7. The number of nitro benzene ring substituents is 1. The van der Waals surface area contributed by atoms with Crippen LogP contribution >= 0.6 is 0 Å². The molecule has 0 spiro atoms. The number of carbonyl (C=O) groups excluding carboxylic acids is 5. The van der Waals surface area contributed by atoms with E-state index in [4.69, 9.17) is 15.2 Å². The van der Waals surface area contributed by atoms with Gasteiger partial charge in [0.15, 0.2) is 5.54 Å². The lowest BCUT2D eigenvalue weighted by molar-refractivity contribution is -0.384. The molecule has 1 heterocycles. The van der Waals surface area contributed by atoms with Gasteiger partial charge in [0, 0.05) is 24.8 Å². The number of hydrogen-bond donors (Lipinski definition) is 5. The van der Waals surface area contributed by atoms with E-state index >= 15 is 0 Å². The molecule has 4 aromatic rings. The summed E-state index contributed by atoms with van der Waals surface area (Å²) in [6, 6.07) is 14.1. The number of hydrogen-bond acceptors (Lipinski definition) is 12. The van der Waals surface area contributed by atoms with Gasteiger partial charge in [-0.15, -0.1) is 0 Å². The third-order valence-electron chi connectivity index (χ3n) is 9.99. The van der Waals surface area contributed by atoms with Crippen LogP contribution in [0.4, 0.5) is 10.5 Å². The number of imide groups is 1. The molecule has 2 unspecified atom stereocenters. The number of amides is 4. The predicted octanol–water partition coefficient (Wildman–Crippen LogP) is 4.20. The second-order valence-electron chi connectivity index (χ2n) is 15.4. The van der Waals surface area contributed by atoms with Crippen molar-refractivity contribution in [3.05, 3.63) is 106 Å². The first kappa shape index (κ1) is 45.5. The van der Waals surface area contributed by atoms with Crippen LogP contribution in [0.2, 0.25) is 0 Å². The number of aromatic nitrogens is 2. The highest BCUT2D eigenvalue weighted by molar-refractivity contribution is 6.03. The fourth-order valence-electron chi connectivity index (χ4n) is 6.88. The van der Waals surface area contributed by atoms with Gasteiger partial charge in [-0.3, -0.25) is 24.5 Å². The van der Waals surface area contributed by atoms with Crippen molar-refractivity contribution in [3.63, 3.8) is 0 Å². The zero-order valence-electron chi connectivity index (χ0n) is 34.3. The molecular formula is C42H53N7O10. The summed E-state index contributed by atoms with van der Waals surface area (Å²) in [6.07, 6.45) is -0.828. The Morgan fingerprint density at radius 2 is 1.63 bits per heavy atom. The van der Waals surface area contributed by atoms with E-state index in [1.807, 2.05) is 18.2 Å². The Morgan fingerprint density at radius 3 is 2.20 bits per heavy atom. The number of nitrogens with one attached hydrogen (secondary N) is 3. The predicted molar refractivity (Wildman–Crippen MR) is 217 cm³/mol. The first-order valence-corrected chi connectivity index (χ1v) is 19.2. The molecule has 17 nitrogen and oxygen atoms in total. The van der Waals surface area contributed by atoms with Crippen molar-refractivity contribution in [3.8, 4) is 0 Å². The maximum absolute atomic E-state index is 15.0. The summed E-state index contributed by atoms with van der Waals surface area (Å²) < 4.78 is 11.2. The molecule has 0 radical (unpaired) electrons. The highest BCUT2D eigenvalue weighted by Crippen LogP contribution is 2.44. The van der Waals surface area contributed by atoms with Crippen molar-refractivity contribution in [1.82, 2.24) is 25.5 Å². The number of esters is 1. The molecule has 4 amide bonds. The molecule has 316 valence electrons. The first-order valence-electron chi connectivity index (χ1n) is 19.2. The molecule has 1 aromatic heterocycles. The van der Waals surface area contributed by atoms with E-state index < -0.39 is 82.4 Å². The molecule has 0 bridgehead atoms. The Bertz CT molecular complexity index is 2110. The molecule has 0 fully saturated rings. The number of aromatic amines is 1. The summed E-state index contributed by atoms with van der Waals surface area (Å²) in [5, 5.41) is 30.0. The summed E-state index contributed by atoms with van der Waals surface area (Å²) in [5.74, 6) is -4.16. The van der Waals surface area contributed by atoms with E-state index in [0.29, 0.717) is 22.0 Å². The number of carbonyl (C=O) groups is 5. The lowest BCUT2D eigenvalue weighted by Crippen LogP contribution is -2.62. The van der Waals surface area contributed by atoms with Gasteiger partial charge in [0.05, 0.1) is 48.7 Å². The summed E-state index contributed by atoms with van der Waals surface area (Å²) in [5.41, 5.74) is 3.45. The maximum atomic E-state index is 15.0. The van der Waals surface area contributed by atoms with Crippen LogP contribution in [0.1, 0.15) is 71.2 Å².